The van der Waals surface area contributed by atoms with Gasteiger partial charge in [-0.1, -0.05) is 31.5 Å². The molecule has 0 fully saturated rings. The van der Waals surface area contributed by atoms with Gasteiger partial charge in [-0.3, -0.25) is 0 Å². The molecule has 1 aromatic rings. The van der Waals surface area contributed by atoms with E-state index in [0.717, 1.165) is 18.4 Å². The van der Waals surface area contributed by atoms with Gasteiger partial charge in [0.1, 0.15) is 0 Å². The van der Waals surface area contributed by atoms with Crippen LogP contribution in [0.5, 0.6) is 0 Å². The molecule has 1 unspecified atom stereocenters. The van der Waals surface area contributed by atoms with Crippen LogP contribution in [-0.2, 0) is 17.5 Å². The van der Waals surface area contributed by atoms with E-state index in [4.69, 9.17) is 4.55 Å². The summed E-state index contributed by atoms with van der Waals surface area (Å²) in [6.07, 6.45) is 1.86. The summed E-state index contributed by atoms with van der Waals surface area (Å²) in [5.74, 6) is 0. The third-order valence-electron chi connectivity index (χ3n) is 1.68. The van der Waals surface area contributed by atoms with Crippen molar-refractivity contribution in [3.8, 4) is 0 Å². The van der Waals surface area contributed by atoms with E-state index in [-0.39, 0.29) is 37.7 Å². The van der Waals surface area contributed by atoms with Crippen LogP contribution in [0, 0.1) is 0 Å². The molecule has 0 radical (unpaired) electrons. The summed E-state index contributed by atoms with van der Waals surface area (Å²) in [5.41, 5.74) is 0.973. The summed E-state index contributed by atoms with van der Waals surface area (Å²) in [6, 6.07) is 7.26. The van der Waals surface area contributed by atoms with Crippen LogP contribution in [0.25, 0.3) is 0 Å². The fourth-order valence-corrected chi connectivity index (χ4v) is 1.74. The van der Waals surface area contributed by atoms with Crippen molar-refractivity contribution >= 4 is 48.8 Å². The Balaban J connectivity index is 0.00000144. The van der Waals surface area contributed by atoms with E-state index in [1.807, 2.05) is 12.1 Å². The quantitative estimate of drug-likeness (QED) is 0.623. The van der Waals surface area contributed by atoms with Crippen molar-refractivity contribution in [3.05, 3.63) is 29.8 Å². The van der Waals surface area contributed by atoms with E-state index >= 15 is 0 Å². The second kappa shape index (κ2) is 6.96. The van der Waals surface area contributed by atoms with Gasteiger partial charge in [0.25, 0.3) is 0 Å². The SMILES string of the molecule is CCCc1ccccc1S(=O)O.[CaH2]. The van der Waals surface area contributed by atoms with Gasteiger partial charge < -0.3 is 4.55 Å². The number of hydrogen-bond acceptors (Lipinski definition) is 1. The molecule has 2 nitrogen and oxygen atoms in total. The number of rotatable bonds is 3. The molecular weight excluding hydrogens is 212 g/mol. The normalized spacial score (nSPS) is 11.8. The Morgan fingerprint density at radius 2 is 2.00 bits per heavy atom. The van der Waals surface area contributed by atoms with Gasteiger partial charge in [-0.25, -0.2) is 4.21 Å². The second-order valence-corrected chi connectivity index (χ2v) is 3.55. The van der Waals surface area contributed by atoms with Gasteiger partial charge in [0.05, 0.1) is 4.90 Å². The van der Waals surface area contributed by atoms with Crippen molar-refractivity contribution in [2.24, 2.45) is 0 Å². The fraction of sp³-hybridized carbons (Fsp3) is 0.333. The Labute approximate surface area is 111 Å². The molecule has 1 aromatic carbocycles. The van der Waals surface area contributed by atoms with Gasteiger partial charge >= 0.3 is 37.7 Å². The Morgan fingerprint density at radius 1 is 1.38 bits per heavy atom. The molecule has 70 valence electrons. The van der Waals surface area contributed by atoms with Crippen molar-refractivity contribution in [2.75, 3.05) is 0 Å². The average molecular weight is 226 g/mol. The van der Waals surface area contributed by atoms with Crippen LogP contribution in [0.3, 0.4) is 0 Å². The molecule has 0 spiro atoms. The van der Waals surface area contributed by atoms with E-state index in [1.165, 1.54) is 0 Å². The first-order valence-electron chi connectivity index (χ1n) is 3.94. The number of benzene rings is 1. The molecule has 1 atom stereocenters. The van der Waals surface area contributed by atoms with Crippen molar-refractivity contribution in [1.29, 1.82) is 0 Å². The van der Waals surface area contributed by atoms with Crippen molar-refractivity contribution in [2.45, 2.75) is 24.7 Å². The Bertz CT molecular complexity index is 289. The van der Waals surface area contributed by atoms with Crippen LogP contribution in [0.2, 0.25) is 0 Å². The first kappa shape index (κ1) is 13.6. The molecule has 0 saturated heterocycles. The molecular formula is C9H14CaO2S. The van der Waals surface area contributed by atoms with Crippen molar-refractivity contribution in [3.63, 3.8) is 0 Å². The minimum atomic E-state index is -1.84. The molecule has 0 amide bonds. The van der Waals surface area contributed by atoms with Crippen LogP contribution < -0.4 is 0 Å². The van der Waals surface area contributed by atoms with Gasteiger partial charge in [-0.2, -0.15) is 0 Å². The van der Waals surface area contributed by atoms with Crippen LogP contribution >= 0.6 is 0 Å². The molecule has 1 rings (SSSR count). The summed E-state index contributed by atoms with van der Waals surface area (Å²) in [7, 11) is 0. The Hall–Kier alpha value is 0.590. The molecule has 0 heterocycles. The Kier molecular flexibility index (Phi) is 7.27. The summed E-state index contributed by atoms with van der Waals surface area (Å²) in [5, 5.41) is 0. The van der Waals surface area contributed by atoms with E-state index < -0.39 is 11.1 Å². The first-order chi connectivity index (χ1) is 5.75. The molecule has 13 heavy (non-hydrogen) atoms. The summed E-state index contributed by atoms with van der Waals surface area (Å²) in [4.78, 5) is 0.541. The molecule has 1 N–H and O–H groups in total. The predicted octanol–water partition coefficient (Wildman–Crippen LogP) is 1.30. The molecule has 4 heteroatoms. The minimum absolute atomic E-state index is 0. The molecule has 0 bridgehead atoms. The molecule has 0 aliphatic heterocycles. The summed E-state index contributed by atoms with van der Waals surface area (Å²) < 4.78 is 19.7. The standard InChI is InChI=1S/C9H12O2S.Ca.2H/c1-2-5-8-6-3-4-7-9(8)12(10)11;;;/h3-4,6-7H,2,5H2,1H3,(H,10,11);;;. The monoisotopic (exact) mass is 226 g/mol. The second-order valence-electron chi connectivity index (χ2n) is 2.61. The third-order valence-corrected chi connectivity index (χ3v) is 2.45. The van der Waals surface area contributed by atoms with Gasteiger partial charge in [-0.05, 0) is 18.1 Å². The predicted molar refractivity (Wildman–Crippen MR) is 58.0 cm³/mol. The number of aryl methyl sites for hydroxylation is 1. The van der Waals surface area contributed by atoms with E-state index in [0.29, 0.717) is 4.90 Å². The van der Waals surface area contributed by atoms with E-state index in [9.17, 15) is 4.21 Å². The van der Waals surface area contributed by atoms with Crippen LogP contribution in [0.1, 0.15) is 18.9 Å². The van der Waals surface area contributed by atoms with Gasteiger partial charge in [0, 0.05) is 0 Å². The van der Waals surface area contributed by atoms with Gasteiger partial charge in [0.15, 0.2) is 11.1 Å². The number of hydrogen-bond donors (Lipinski definition) is 1. The fourth-order valence-electron chi connectivity index (χ4n) is 1.15. The molecule has 0 aliphatic carbocycles. The molecule has 0 aliphatic rings. The van der Waals surface area contributed by atoms with E-state index in [2.05, 4.69) is 6.92 Å². The topological polar surface area (TPSA) is 37.3 Å². The summed E-state index contributed by atoms with van der Waals surface area (Å²) in [6.45, 7) is 2.05. The van der Waals surface area contributed by atoms with Gasteiger partial charge in [-0.15, -0.1) is 0 Å². The Morgan fingerprint density at radius 3 is 2.54 bits per heavy atom. The van der Waals surface area contributed by atoms with Crippen LogP contribution in [-0.4, -0.2) is 46.5 Å². The maximum atomic E-state index is 10.8. The van der Waals surface area contributed by atoms with Crippen LogP contribution in [0.4, 0.5) is 0 Å². The zero-order valence-corrected chi connectivity index (χ0v) is 7.80. The zero-order chi connectivity index (χ0) is 8.97. The zero-order valence-electron chi connectivity index (χ0n) is 6.99. The first-order valence-corrected chi connectivity index (χ1v) is 5.05. The molecule has 0 saturated carbocycles. The van der Waals surface area contributed by atoms with Crippen molar-refractivity contribution in [1.82, 2.24) is 0 Å². The van der Waals surface area contributed by atoms with Crippen LogP contribution in [0.15, 0.2) is 29.2 Å². The van der Waals surface area contributed by atoms with Gasteiger partial charge in [0.2, 0.25) is 0 Å². The molecule has 0 aromatic heterocycles. The maximum absolute atomic E-state index is 10.8. The summed E-state index contributed by atoms with van der Waals surface area (Å²) >= 11 is -1.84. The third kappa shape index (κ3) is 4.09. The van der Waals surface area contributed by atoms with Crippen molar-refractivity contribution < 1.29 is 8.76 Å². The average Bonchev–Trinajstić information content (AvgIpc) is 2.05. The van der Waals surface area contributed by atoms with E-state index in [1.54, 1.807) is 12.1 Å².